The summed E-state index contributed by atoms with van der Waals surface area (Å²) in [4.78, 5) is 22.2. The van der Waals surface area contributed by atoms with Crippen molar-refractivity contribution in [3.63, 3.8) is 0 Å². The minimum absolute atomic E-state index is 0.885. The third-order valence-corrected chi connectivity index (χ3v) is 23.3. The molecule has 14 aromatic carbocycles. The van der Waals surface area contributed by atoms with Crippen LogP contribution in [-0.4, -0.2) is 19.9 Å². The van der Waals surface area contributed by atoms with E-state index in [1.54, 1.807) is 22.7 Å². The lowest BCUT2D eigenvalue weighted by molar-refractivity contribution is 1.32. The molecule has 6 aromatic heterocycles. The molecule has 0 saturated carbocycles. The van der Waals surface area contributed by atoms with Gasteiger partial charge >= 0.3 is 0 Å². The SMILES string of the molecule is c1cc(-c2ccc3ccccc3c2)cc(-c2ccc3sc4ncc(-c5cccc(-c6cccc7c6sc6ccccc67)c5)nc4c3c2)c1.c1cc(-c2ccc3sc4ncc(-c5cccc(-c6cccc7c6sc6ccccc67)c5)nc4c3c2)cc(-c2cccc3ccccc23)c1. The molecule has 0 radical (unpaired) electrons. The van der Waals surface area contributed by atoms with Crippen LogP contribution in [0.2, 0.25) is 0 Å². The van der Waals surface area contributed by atoms with Crippen LogP contribution in [0.25, 0.3) is 192 Å². The van der Waals surface area contributed by atoms with E-state index < -0.39 is 0 Å². The lowest BCUT2D eigenvalue weighted by atomic mass is 9.95. The van der Waals surface area contributed by atoms with E-state index in [1.165, 1.54) is 138 Å². The molecular formula is C88H52N4S4. The van der Waals surface area contributed by atoms with Gasteiger partial charge in [-0.2, -0.15) is 0 Å². The zero-order valence-corrected chi connectivity index (χ0v) is 54.7. The van der Waals surface area contributed by atoms with E-state index >= 15 is 0 Å². The van der Waals surface area contributed by atoms with Crippen molar-refractivity contribution < 1.29 is 0 Å². The molecule has 96 heavy (non-hydrogen) atoms. The van der Waals surface area contributed by atoms with Crippen LogP contribution in [0, 0.1) is 0 Å². The fourth-order valence-electron chi connectivity index (χ4n) is 13.9. The minimum Gasteiger partial charge on any atom is -0.243 e. The second kappa shape index (κ2) is 23.3. The van der Waals surface area contributed by atoms with Crippen molar-refractivity contribution in [3.8, 4) is 89.3 Å². The summed E-state index contributed by atoms with van der Waals surface area (Å²) in [6.45, 7) is 0. The highest BCUT2D eigenvalue weighted by Crippen LogP contribution is 2.45. The Morgan fingerprint density at radius 3 is 1.14 bits per heavy atom. The Hall–Kier alpha value is -11.4. The highest BCUT2D eigenvalue weighted by Gasteiger charge is 2.18. The quantitative estimate of drug-likeness (QED) is 0.152. The maximum atomic E-state index is 5.25. The van der Waals surface area contributed by atoms with E-state index in [4.69, 9.17) is 19.9 Å². The van der Waals surface area contributed by atoms with E-state index in [2.05, 4.69) is 303 Å². The molecule has 0 fully saturated rings. The predicted octanol–water partition coefficient (Wildman–Crippen LogP) is 26.1. The Balaban J connectivity index is 0.000000135. The van der Waals surface area contributed by atoms with Crippen LogP contribution in [0.15, 0.2) is 316 Å². The summed E-state index contributed by atoms with van der Waals surface area (Å²) in [5, 5.41) is 12.6. The predicted molar refractivity (Wildman–Crippen MR) is 414 cm³/mol. The fourth-order valence-corrected chi connectivity index (χ4v) is 18.4. The Kier molecular flexibility index (Phi) is 13.6. The molecule has 20 rings (SSSR count). The molecule has 0 unspecified atom stereocenters. The maximum absolute atomic E-state index is 5.25. The van der Waals surface area contributed by atoms with Crippen molar-refractivity contribution in [3.05, 3.63) is 316 Å². The number of hydrogen-bond donors (Lipinski definition) is 0. The molecule has 0 aliphatic heterocycles. The van der Waals surface area contributed by atoms with Crippen molar-refractivity contribution >= 4 is 148 Å². The standard InChI is InChI=1S/2C44H26N2S2/c1-2-15-33-27(9-1)10-7-17-34(33)30-12-5-11-28(23-30)29-21-22-41-38(25-29)42-44(48-41)45-26-39(46-42)32-14-6-13-31(24-32)35-18-8-19-37-36-16-3-4-20-40(36)47-43(35)37;1-2-9-28-22-31(19-18-27(28)8-1)29-10-5-11-30(23-29)32-20-21-41-38(25-32)42-44(48-41)45-26-39(46-42)34-13-6-12-33(24-34)35-15-7-16-37-36-14-3-4-17-40(36)47-43(35)37/h2*1-26H. The van der Waals surface area contributed by atoms with Gasteiger partial charge in [0.1, 0.15) is 20.7 Å². The maximum Gasteiger partial charge on any atom is 0.143 e. The fraction of sp³-hybridized carbons (Fsp3) is 0. The molecular weight excluding hydrogens is 1240 g/mol. The number of nitrogens with zero attached hydrogens (tertiary/aromatic N) is 4. The molecule has 20 aromatic rings. The van der Waals surface area contributed by atoms with Crippen molar-refractivity contribution in [1.29, 1.82) is 0 Å². The Bertz CT molecular complexity index is 6500. The van der Waals surface area contributed by atoms with Gasteiger partial charge in [0.15, 0.2) is 0 Å². The smallest absolute Gasteiger partial charge is 0.143 e. The summed E-state index contributed by atoms with van der Waals surface area (Å²) in [6, 6.07) is 110. The number of benzene rings is 14. The lowest BCUT2D eigenvalue weighted by Crippen LogP contribution is -1.88. The average molecular weight is 1290 g/mol. The van der Waals surface area contributed by atoms with E-state index in [1.807, 2.05) is 35.1 Å². The normalized spacial score (nSPS) is 11.8. The number of rotatable bonds is 8. The van der Waals surface area contributed by atoms with Gasteiger partial charge in [0.05, 0.1) is 23.8 Å². The second-order valence-corrected chi connectivity index (χ2v) is 28.6. The second-order valence-electron chi connectivity index (χ2n) is 24.4. The van der Waals surface area contributed by atoms with Crippen molar-refractivity contribution in [2.24, 2.45) is 0 Å². The Morgan fingerprint density at radius 2 is 0.573 bits per heavy atom. The van der Waals surface area contributed by atoms with Crippen molar-refractivity contribution in [2.45, 2.75) is 0 Å². The third kappa shape index (κ3) is 9.92. The lowest BCUT2D eigenvalue weighted by Gasteiger charge is -2.09. The van der Waals surface area contributed by atoms with E-state index in [0.29, 0.717) is 0 Å². The van der Waals surface area contributed by atoms with Gasteiger partial charge in [-0.25, -0.2) is 19.9 Å². The molecule has 6 heterocycles. The van der Waals surface area contributed by atoms with Crippen LogP contribution in [0.3, 0.4) is 0 Å². The molecule has 448 valence electrons. The van der Waals surface area contributed by atoms with Crippen LogP contribution in [0.5, 0.6) is 0 Å². The molecule has 0 aliphatic carbocycles. The van der Waals surface area contributed by atoms with Crippen LogP contribution >= 0.6 is 45.3 Å². The number of thiophene rings is 4. The van der Waals surface area contributed by atoms with Gasteiger partial charge in [0, 0.05) is 71.6 Å². The molecule has 0 bridgehead atoms. The molecule has 0 amide bonds. The first-order valence-electron chi connectivity index (χ1n) is 32.1. The van der Waals surface area contributed by atoms with Gasteiger partial charge in [0.25, 0.3) is 0 Å². The summed E-state index contributed by atoms with van der Waals surface area (Å²) in [5.41, 5.74) is 20.3. The van der Waals surface area contributed by atoms with Gasteiger partial charge in [-0.3, -0.25) is 0 Å². The van der Waals surface area contributed by atoms with Crippen molar-refractivity contribution in [1.82, 2.24) is 19.9 Å². The van der Waals surface area contributed by atoms with Gasteiger partial charge < -0.3 is 0 Å². The zero-order chi connectivity index (χ0) is 63.2. The van der Waals surface area contributed by atoms with E-state index in [-0.39, 0.29) is 0 Å². The topological polar surface area (TPSA) is 51.6 Å². The molecule has 0 N–H and O–H groups in total. The summed E-state index contributed by atoms with van der Waals surface area (Å²) in [6.07, 6.45) is 3.84. The first-order valence-corrected chi connectivity index (χ1v) is 35.4. The highest BCUT2D eigenvalue weighted by molar-refractivity contribution is 7.27. The first kappa shape index (κ1) is 56.2. The number of aromatic nitrogens is 4. The highest BCUT2D eigenvalue weighted by atomic mass is 32.1. The largest absolute Gasteiger partial charge is 0.243 e. The van der Waals surface area contributed by atoms with Crippen molar-refractivity contribution in [2.75, 3.05) is 0 Å². The zero-order valence-electron chi connectivity index (χ0n) is 51.4. The van der Waals surface area contributed by atoms with E-state index in [0.717, 1.165) is 54.0 Å². The van der Waals surface area contributed by atoms with E-state index in [9.17, 15) is 0 Å². The van der Waals surface area contributed by atoms with Crippen LogP contribution < -0.4 is 0 Å². The molecule has 0 spiro atoms. The Morgan fingerprint density at radius 1 is 0.208 bits per heavy atom. The molecule has 0 atom stereocenters. The summed E-state index contributed by atoms with van der Waals surface area (Å²) >= 11 is 7.13. The number of fused-ring (bicyclic) bond motifs is 14. The summed E-state index contributed by atoms with van der Waals surface area (Å²) in [5.74, 6) is 0. The molecule has 0 saturated heterocycles. The van der Waals surface area contributed by atoms with Gasteiger partial charge in [-0.1, -0.05) is 237 Å². The third-order valence-electron chi connectivity index (χ3n) is 18.7. The van der Waals surface area contributed by atoms with Crippen LogP contribution in [0.1, 0.15) is 0 Å². The van der Waals surface area contributed by atoms with Crippen LogP contribution in [0.4, 0.5) is 0 Å². The minimum atomic E-state index is 0.885. The van der Waals surface area contributed by atoms with Gasteiger partial charge in [-0.05, 0) is 155 Å². The molecule has 4 nitrogen and oxygen atoms in total. The average Bonchev–Trinajstić information content (AvgIpc) is 1.62. The van der Waals surface area contributed by atoms with Gasteiger partial charge in [-0.15, -0.1) is 45.3 Å². The molecule has 8 heteroatoms. The molecule has 0 aliphatic rings. The monoisotopic (exact) mass is 1290 g/mol. The summed E-state index contributed by atoms with van der Waals surface area (Å²) < 4.78 is 7.66. The summed E-state index contributed by atoms with van der Waals surface area (Å²) in [7, 11) is 0. The Labute approximate surface area is 568 Å². The van der Waals surface area contributed by atoms with Crippen LogP contribution in [-0.2, 0) is 0 Å². The number of hydrogen-bond acceptors (Lipinski definition) is 8. The first-order chi connectivity index (χ1) is 47.5. The van der Waals surface area contributed by atoms with Gasteiger partial charge in [0.2, 0.25) is 0 Å².